The van der Waals surface area contributed by atoms with Crippen molar-refractivity contribution < 1.29 is 4.74 Å². The summed E-state index contributed by atoms with van der Waals surface area (Å²) >= 11 is 0. The van der Waals surface area contributed by atoms with Gasteiger partial charge in [-0.25, -0.2) is 0 Å². The Hall–Kier alpha value is -0.0800. The smallest absolute Gasteiger partial charge is 0.0581 e. The van der Waals surface area contributed by atoms with Gasteiger partial charge >= 0.3 is 0 Å². The van der Waals surface area contributed by atoms with Crippen molar-refractivity contribution >= 4 is 0 Å². The zero-order chi connectivity index (χ0) is 11.4. The summed E-state index contributed by atoms with van der Waals surface area (Å²) in [6.45, 7) is 8.17. The maximum absolute atomic E-state index is 5.90. The summed E-state index contributed by atoms with van der Waals surface area (Å²) < 4.78 is 5.90. The van der Waals surface area contributed by atoms with Crippen molar-refractivity contribution in [3.8, 4) is 0 Å². The molecule has 0 aromatic heterocycles. The van der Waals surface area contributed by atoms with E-state index in [9.17, 15) is 0 Å². The number of nitrogens with one attached hydrogen (secondary N) is 1. The van der Waals surface area contributed by atoms with E-state index in [1.165, 1.54) is 45.2 Å². The summed E-state index contributed by atoms with van der Waals surface area (Å²) in [5.74, 6) is 2.62. The fraction of sp³-hybridized carbons (Fsp3) is 1.00. The molecule has 0 radical (unpaired) electrons. The highest BCUT2D eigenvalue weighted by molar-refractivity contribution is 4.79. The van der Waals surface area contributed by atoms with Gasteiger partial charge in [0.25, 0.3) is 0 Å². The molecule has 2 nitrogen and oxygen atoms in total. The Balaban J connectivity index is 1.72. The minimum Gasteiger partial charge on any atom is -0.378 e. The zero-order valence-electron chi connectivity index (χ0n) is 10.9. The Kier molecular flexibility index (Phi) is 4.66. The van der Waals surface area contributed by atoms with E-state index in [0.717, 1.165) is 24.4 Å². The first-order valence-electron chi connectivity index (χ1n) is 7.12. The van der Waals surface area contributed by atoms with Gasteiger partial charge in [0.15, 0.2) is 0 Å². The number of hydrogen-bond donors (Lipinski definition) is 1. The fourth-order valence-corrected chi connectivity index (χ4v) is 3.25. The Labute approximate surface area is 100 Å². The third kappa shape index (κ3) is 3.21. The van der Waals surface area contributed by atoms with Crippen LogP contribution in [-0.4, -0.2) is 25.8 Å². The van der Waals surface area contributed by atoms with Gasteiger partial charge in [-0.2, -0.15) is 0 Å². The van der Waals surface area contributed by atoms with Crippen LogP contribution >= 0.6 is 0 Å². The molecule has 0 spiro atoms. The van der Waals surface area contributed by atoms with E-state index < -0.39 is 0 Å². The van der Waals surface area contributed by atoms with Crippen molar-refractivity contribution in [2.75, 3.05) is 19.7 Å². The number of hydrogen-bond acceptors (Lipinski definition) is 2. The summed E-state index contributed by atoms with van der Waals surface area (Å²) in [5.41, 5.74) is 0. The monoisotopic (exact) mass is 225 g/mol. The normalized spacial score (nSPS) is 34.1. The summed E-state index contributed by atoms with van der Waals surface area (Å²) in [7, 11) is 0. The van der Waals surface area contributed by atoms with Crippen molar-refractivity contribution in [1.29, 1.82) is 0 Å². The molecule has 0 aromatic rings. The van der Waals surface area contributed by atoms with Gasteiger partial charge in [0.05, 0.1) is 6.10 Å². The molecular weight excluding hydrogens is 198 g/mol. The quantitative estimate of drug-likeness (QED) is 0.794. The molecule has 3 unspecified atom stereocenters. The van der Waals surface area contributed by atoms with Gasteiger partial charge < -0.3 is 10.1 Å². The molecule has 2 rings (SSSR count). The minimum absolute atomic E-state index is 0.565. The first-order valence-corrected chi connectivity index (χ1v) is 7.12. The van der Waals surface area contributed by atoms with E-state index in [1.54, 1.807) is 0 Å². The summed E-state index contributed by atoms with van der Waals surface area (Å²) in [6, 6.07) is 0. The van der Waals surface area contributed by atoms with Crippen LogP contribution in [0.2, 0.25) is 0 Å². The van der Waals surface area contributed by atoms with Gasteiger partial charge in [-0.1, -0.05) is 20.3 Å². The number of rotatable bonds is 4. The van der Waals surface area contributed by atoms with Gasteiger partial charge in [-0.15, -0.1) is 0 Å². The predicted molar refractivity (Wildman–Crippen MR) is 67.5 cm³/mol. The van der Waals surface area contributed by atoms with E-state index in [2.05, 4.69) is 19.2 Å². The highest BCUT2D eigenvalue weighted by Gasteiger charge is 2.28. The first-order chi connectivity index (χ1) is 7.79. The molecule has 2 aliphatic heterocycles. The standard InChI is InChI=1S/C14H27NO/c1-3-12-9-14(16-10-12)8-11(2)13-4-6-15-7-5-13/h11-15H,3-10H2,1-2H3. The van der Waals surface area contributed by atoms with Crippen LogP contribution in [0.15, 0.2) is 0 Å². The molecule has 0 saturated carbocycles. The lowest BCUT2D eigenvalue weighted by atomic mass is 9.82. The third-order valence-electron chi connectivity index (χ3n) is 4.56. The molecule has 2 heteroatoms. The summed E-state index contributed by atoms with van der Waals surface area (Å²) in [6.07, 6.45) is 7.19. The van der Waals surface area contributed by atoms with Crippen LogP contribution in [0.4, 0.5) is 0 Å². The van der Waals surface area contributed by atoms with Gasteiger partial charge in [0, 0.05) is 6.61 Å². The average molecular weight is 225 g/mol. The third-order valence-corrected chi connectivity index (χ3v) is 4.56. The van der Waals surface area contributed by atoms with Gasteiger partial charge in [-0.3, -0.25) is 0 Å². The van der Waals surface area contributed by atoms with Crippen LogP contribution < -0.4 is 5.32 Å². The van der Waals surface area contributed by atoms with Crippen molar-refractivity contribution in [2.45, 2.75) is 52.1 Å². The Morgan fingerprint density at radius 1 is 1.31 bits per heavy atom. The van der Waals surface area contributed by atoms with Crippen LogP contribution in [0.3, 0.4) is 0 Å². The van der Waals surface area contributed by atoms with E-state index >= 15 is 0 Å². The van der Waals surface area contributed by atoms with Gasteiger partial charge in [0.1, 0.15) is 0 Å². The zero-order valence-corrected chi connectivity index (χ0v) is 10.9. The van der Waals surface area contributed by atoms with E-state index in [-0.39, 0.29) is 0 Å². The molecule has 2 saturated heterocycles. The molecule has 3 atom stereocenters. The molecule has 0 bridgehead atoms. The second kappa shape index (κ2) is 6.02. The van der Waals surface area contributed by atoms with E-state index in [1.807, 2.05) is 0 Å². The average Bonchev–Trinajstić information content (AvgIpc) is 2.78. The molecule has 0 aromatic carbocycles. The van der Waals surface area contributed by atoms with Crippen LogP contribution in [-0.2, 0) is 4.74 Å². The second-order valence-corrected chi connectivity index (χ2v) is 5.77. The Morgan fingerprint density at radius 3 is 2.69 bits per heavy atom. The molecule has 2 fully saturated rings. The molecule has 94 valence electrons. The molecular formula is C14H27NO. The van der Waals surface area contributed by atoms with Crippen molar-refractivity contribution in [3.05, 3.63) is 0 Å². The van der Waals surface area contributed by atoms with E-state index in [0.29, 0.717) is 6.10 Å². The van der Waals surface area contributed by atoms with Crippen molar-refractivity contribution in [2.24, 2.45) is 17.8 Å². The molecule has 16 heavy (non-hydrogen) atoms. The maximum atomic E-state index is 5.90. The topological polar surface area (TPSA) is 21.3 Å². The Bertz CT molecular complexity index is 201. The highest BCUT2D eigenvalue weighted by Crippen LogP contribution is 2.31. The highest BCUT2D eigenvalue weighted by atomic mass is 16.5. The van der Waals surface area contributed by atoms with Crippen molar-refractivity contribution in [3.63, 3.8) is 0 Å². The lowest BCUT2D eigenvalue weighted by Crippen LogP contribution is -2.31. The van der Waals surface area contributed by atoms with E-state index in [4.69, 9.17) is 4.74 Å². The van der Waals surface area contributed by atoms with Gasteiger partial charge in [-0.05, 0) is 56.5 Å². The second-order valence-electron chi connectivity index (χ2n) is 5.77. The predicted octanol–water partition coefficient (Wildman–Crippen LogP) is 2.83. The summed E-state index contributed by atoms with van der Waals surface area (Å²) in [4.78, 5) is 0. The fourth-order valence-electron chi connectivity index (χ4n) is 3.25. The lowest BCUT2D eigenvalue weighted by Gasteiger charge is -2.29. The molecule has 0 amide bonds. The SMILES string of the molecule is CCC1COC(CC(C)C2CCNCC2)C1. The van der Waals surface area contributed by atoms with Crippen molar-refractivity contribution in [1.82, 2.24) is 5.32 Å². The van der Waals surface area contributed by atoms with Crippen LogP contribution in [0.5, 0.6) is 0 Å². The lowest BCUT2D eigenvalue weighted by molar-refractivity contribution is 0.0759. The minimum atomic E-state index is 0.565. The van der Waals surface area contributed by atoms with Crippen LogP contribution in [0.25, 0.3) is 0 Å². The molecule has 2 aliphatic rings. The first kappa shape index (κ1) is 12.4. The number of ether oxygens (including phenoxy) is 1. The van der Waals surface area contributed by atoms with Crippen LogP contribution in [0, 0.1) is 17.8 Å². The summed E-state index contributed by atoms with van der Waals surface area (Å²) in [5, 5.41) is 3.45. The molecule has 1 N–H and O–H groups in total. The largest absolute Gasteiger partial charge is 0.378 e. The van der Waals surface area contributed by atoms with Crippen LogP contribution in [0.1, 0.15) is 46.0 Å². The van der Waals surface area contributed by atoms with Gasteiger partial charge in [0.2, 0.25) is 0 Å². The maximum Gasteiger partial charge on any atom is 0.0581 e. The molecule has 2 heterocycles. The Morgan fingerprint density at radius 2 is 2.06 bits per heavy atom. The number of piperidine rings is 1. The molecule has 0 aliphatic carbocycles.